The van der Waals surface area contributed by atoms with Gasteiger partial charge in [-0.2, -0.15) is 4.98 Å². The van der Waals surface area contributed by atoms with Gasteiger partial charge in [-0.25, -0.2) is 4.52 Å². The molecule has 12 heteroatoms. The molecule has 5 rings (SSSR count). The number of nitrogens with zero attached hydrogens (tertiary/aromatic N) is 6. The average Bonchev–Trinajstić information content (AvgIpc) is 3.39. The summed E-state index contributed by atoms with van der Waals surface area (Å²) in [7, 11) is 0. The third-order valence-electron chi connectivity index (χ3n) is 5.36. The van der Waals surface area contributed by atoms with E-state index < -0.39 is 6.36 Å². The first-order valence-corrected chi connectivity index (χ1v) is 10.4. The van der Waals surface area contributed by atoms with Crippen LogP contribution in [0, 0.1) is 6.92 Å². The second-order valence-electron chi connectivity index (χ2n) is 7.71. The number of aromatic nitrogens is 5. The molecule has 1 aromatic carbocycles. The molecule has 172 valence electrons. The molecular weight excluding hydrogens is 439 g/mol. The van der Waals surface area contributed by atoms with Crippen molar-refractivity contribution in [2.75, 3.05) is 23.3 Å². The molecule has 1 N–H and O–H groups in total. The van der Waals surface area contributed by atoms with E-state index in [4.69, 9.17) is 4.42 Å². The van der Waals surface area contributed by atoms with E-state index in [2.05, 4.69) is 30.3 Å². The number of anilines is 2. The van der Waals surface area contributed by atoms with Crippen molar-refractivity contribution in [3.63, 3.8) is 0 Å². The van der Waals surface area contributed by atoms with Gasteiger partial charge in [0, 0.05) is 37.8 Å². The summed E-state index contributed by atoms with van der Waals surface area (Å²) < 4.78 is 49.0. The first kappa shape index (κ1) is 21.0. The second-order valence-corrected chi connectivity index (χ2v) is 7.71. The molecule has 1 saturated heterocycles. The van der Waals surface area contributed by atoms with Crippen molar-refractivity contribution in [3.8, 4) is 16.9 Å². The number of rotatable bonds is 5. The minimum atomic E-state index is -4.76. The van der Waals surface area contributed by atoms with Crippen LogP contribution in [0.5, 0.6) is 5.75 Å². The molecule has 1 aliphatic rings. The molecular formula is C21H20F3N7O2. The molecule has 3 aromatic heterocycles. The quantitative estimate of drug-likeness (QED) is 0.478. The Morgan fingerprint density at radius 3 is 2.67 bits per heavy atom. The fourth-order valence-electron chi connectivity index (χ4n) is 3.87. The van der Waals surface area contributed by atoms with Crippen LogP contribution in [0.15, 0.2) is 47.0 Å². The Kier molecular flexibility index (Phi) is 5.27. The van der Waals surface area contributed by atoms with Gasteiger partial charge in [-0.05, 0) is 42.7 Å². The highest BCUT2D eigenvalue weighted by atomic mass is 19.4. The van der Waals surface area contributed by atoms with E-state index in [1.165, 1.54) is 18.2 Å². The topological polar surface area (TPSA) is 93.6 Å². The summed E-state index contributed by atoms with van der Waals surface area (Å²) in [6.45, 7) is 3.27. The number of hydrogen-bond acceptors (Lipinski definition) is 8. The number of halogens is 3. The number of benzene rings is 1. The van der Waals surface area contributed by atoms with Gasteiger partial charge in [-0.15, -0.1) is 23.4 Å². The lowest BCUT2D eigenvalue weighted by Gasteiger charge is -2.30. The molecule has 0 unspecified atom stereocenters. The number of alkyl halides is 3. The Balaban J connectivity index is 1.32. The molecule has 33 heavy (non-hydrogen) atoms. The van der Waals surface area contributed by atoms with Gasteiger partial charge >= 0.3 is 12.4 Å². The molecule has 4 heterocycles. The Morgan fingerprint density at radius 2 is 1.94 bits per heavy atom. The van der Waals surface area contributed by atoms with Crippen LogP contribution >= 0.6 is 0 Å². The Bertz CT molecular complexity index is 1260. The predicted molar refractivity (Wildman–Crippen MR) is 113 cm³/mol. The van der Waals surface area contributed by atoms with E-state index in [9.17, 15) is 13.2 Å². The van der Waals surface area contributed by atoms with Gasteiger partial charge in [0.1, 0.15) is 5.75 Å². The summed E-state index contributed by atoms with van der Waals surface area (Å²) in [5.41, 5.74) is 1.72. The summed E-state index contributed by atoms with van der Waals surface area (Å²) in [4.78, 5) is 6.64. The molecule has 0 radical (unpaired) electrons. The van der Waals surface area contributed by atoms with Crippen molar-refractivity contribution in [2.24, 2.45) is 0 Å². The third kappa shape index (κ3) is 4.69. The highest BCUT2D eigenvalue weighted by Gasteiger charge is 2.31. The molecule has 0 amide bonds. The SMILES string of the molecule is Cc1nnc(N2CCC(Nc3nc4c(-c5cccc(OC(F)(F)F)c5)cccn4n3)CC2)o1. The van der Waals surface area contributed by atoms with Gasteiger partial charge < -0.3 is 19.4 Å². The number of nitrogens with one attached hydrogen (secondary N) is 1. The molecule has 0 spiro atoms. The van der Waals surface area contributed by atoms with Crippen LogP contribution < -0.4 is 15.0 Å². The van der Waals surface area contributed by atoms with Crippen molar-refractivity contribution >= 4 is 17.6 Å². The summed E-state index contributed by atoms with van der Waals surface area (Å²) in [5.74, 6) is 0.700. The molecule has 4 aromatic rings. The minimum Gasteiger partial charge on any atom is -0.408 e. The Morgan fingerprint density at radius 1 is 1.12 bits per heavy atom. The minimum absolute atomic E-state index is 0.162. The zero-order chi connectivity index (χ0) is 23.0. The first-order valence-electron chi connectivity index (χ1n) is 10.4. The van der Waals surface area contributed by atoms with E-state index in [1.807, 2.05) is 4.90 Å². The number of ether oxygens (including phenoxy) is 1. The summed E-state index contributed by atoms with van der Waals surface area (Å²) in [6.07, 6.45) is -1.34. The van der Waals surface area contributed by atoms with E-state index >= 15 is 0 Å². The number of fused-ring (bicyclic) bond motifs is 1. The number of aryl methyl sites for hydroxylation is 1. The lowest BCUT2D eigenvalue weighted by Crippen LogP contribution is -2.39. The van der Waals surface area contributed by atoms with Gasteiger partial charge in [0.25, 0.3) is 0 Å². The van der Waals surface area contributed by atoms with Crippen LogP contribution in [0.25, 0.3) is 16.8 Å². The molecule has 0 saturated carbocycles. The highest BCUT2D eigenvalue weighted by molar-refractivity contribution is 5.78. The van der Waals surface area contributed by atoms with Crippen molar-refractivity contribution in [1.82, 2.24) is 24.8 Å². The van der Waals surface area contributed by atoms with Crippen molar-refractivity contribution < 1.29 is 22.3 Å². The number of piperidine rings is 1. The lowest BCUT2D eigenvalue weighted by atomic mass is 10.1. The number of pyridine rings is 1. The maximum Gasteiger partial charge on any atom is 0.573 e. The van der Waals surface area contributed by atoms with Gasteiger partial charge in [-0.1, -0.05) is 17.2 Å². The normalized spacial score (nSPS) is 15.2. The van der Waals surface area contributed by atoms with Crippen LogP contribution in [0.4, 0.5) is 25.1 Å². The van der Waals surface area contributed by atoms with Gasteiger partial charge in [-0.3, -0.25) is 0 Å². The third-order valence-corrected chi connectivity index (χ3v) is 5.36. The fraction of sp³-hybridized carbons (Fsp3) is 0.333. The molecule has 0 aliphatic carbocycles. The van der Waals surface area contributed by atoms with Crippen LogP contribution in [-0.2, 0) is 0 Å². The second kappa shape index (κ2) is 8.26. The maximum absolute atomic E-state index is 12.6. The van der Waals surface area contributed by atoms with Crippen molar-refractivity contribution in [2.45, 2.75) is 32.2 Å². The van der Waals surface area contributed by atoms with Crippen molar-refractivity contribution in [1.29, 1.82) is 0 Å². The van der Waals surface area contributed by atoms with Gasteiger partial charge in [0.05, 0.1) is 0 Å². The highest BCUT2D eigenvalue weighted by Crippen LogP contribution is 2.30. The van der Waals surface area contributed by atoms with Gasteiger partial charge in [0.2, 0.25) is 11.8 Å². The zero-order valence-electron chi connectivity index (χ0n) is 17.6. The molecule has 0 bridgehead atoms. The lowest BCUT2D eigenvalue weighted by molar-refractivity contribution is -0.274. The predicted octanol–water partition coefficient (Wildman–Crippen LogP) is 4.07. The fourth-order valence-corrected chi connectivity index (χ4v) is 3.87. The van der Waals surface area contributed by atoms with E-state index in [-0.39, 0.29) is 11.8 Å². The Labute approximate surface area is 186 Å². The average molecular weight is 459 g/mol. The molecule has 1 aliphatic heterocycles. The smallest absolute Gasteiger partial charge is 0.408 e. The van der Waals surface area contributed by atoms with E-state index in [0.717, 1.165) is 25.9 Å². The van der Waals surface area contributed by atoms with Crippen LogP contribution in [-0.4, -0.2) is 50.3 Å². The monoisotopic (exact) mass is 459 g/mol. The summed E-state index contributed by atoms with van der Waals surface area (Å²) >= 11 is 0. The standard InChI is InChI=1S/C21H20F3N7O2/c1-13-27-28-20(32-13)30-10-7-15(8-11-30)25-19-26-18-17(6-3-9-31(18)29-19)14-4-2-5-16(12-14)33-21(22,23)24/h2-6,9,12,15H,7-8,10-11H2,1H3,(H,25,29). The molecule has 0 atom stereocenters. The largest absolute Gasteiger partial charge is 0.573 e. The van der Waals surface area contributed by atoms with E-state index in [1.54, 1.807) is 35.8 Å². The van der Waals surface area contributed by atoms with Crippen LogP contribution in [0.2, 0.25) is 0 Å². The zero-order valence-corrected chi connectivity index (χ0v) is 17.6. The Hall–Kier alpha value is -3.83. The number of hydrogen-bond donors (Lipinski definition) is 1. The van der Waals surface area contributed by atoms with Crippen molar-refractivity contribution in [3.05, 3.63) is 48.5 Å². The van der Waals surface area contributed by atoms with Crippen LogP contribution in [0.3, 0.4) is 0 Å². The summed E-state index contributed by atoms with van der Waals surface area (Å²) in [6, 6.07) is 10.0. The van der Waals surface area contributed by atoms with E-state index in [0.29, 0.717) is 34.6 Å². The first-order chi connectivity index (χ1) is 15.8. The molecule has 1 fully saturated rings. The van der Waals surface area contributed by atoms with Gasteiger partial charge in [0.15, 0.2) is 5.65 Å². The maximum atomic E-state index is 12.6. The molecule has 9 nitrogen and oxygen atoms in total. The summed E-state index contributed by atoms with van der Waals surface area (Å²) in [5, 5.41) is 15.8. The van der Waals surface area contributed by atoms with Crippen LogP contribution in [0.1, 0.15) is 18.7 Å².